The maximum absolute atomic E-state index is 12.4. The summed E-state index contributed by atoms with van der Waals surface area (Å²) in [4.78, 5) is 36.5. The standard InChI is InChI=1S/C19H14N4O4/c1-23-18(25)14-8-4-3-7-13(14)17(22-23)19(26)27-11-16(24)21-15-9-5-2-6-12(15)10-20/h2-9H,11H2,1H3,(H,21,24). The van der Waals surface area contributed by atoms with Crippen molar-refractivity contribution in [3.8, 4) is 6.07 Å². The molecule has 27 heavy (non-hydrogen) atoms. The summed E-state index contributed by atoms with van der Waals surface area (Å²) in [5.41, 5.74) is 0.223. The van der Waals surface area contributed by atoms with E-state index in [1.165, 1.54) is 7.05 Å². The quantitative estimate of drug-likeness (QED) is 0.705. The zero-order valence-electron chi connectivity index (χ0n) is 14.3. The average Bonchev–Trinajstić information content (AvgIpc) is 2.69. The fourth-order valence-electron chi connectivity index (χ4n) is 2.53. The van der Waals surface area contributed by atoms with Gasteiger partial charge in [0.15, 0.2) is 12.3 Å². The zero-order chi connectivity index (χ0) is 19.4. The second-order valence-electron chi connectivity index (χ2n) is 5.60. The van der Waals surface area contributed by atoms with Gasteiger partial charge in [0.05, 0.1) is 16.6 Å². The fraction of sp³-hybridized carbons (Fsp3) is 0.105. The van der Waals surface area contributed by atoms with Gasteiger partial charge in [-0.15, -0.1) is 0 Å². The number of para-hydroxylation sites is 1. The molecular formula is C19H14N4O4. The first-order valence-electron chi connectivity index (χ1n) is 7.93. The van der Waals surface area contributed by atoms with E-state index < -0.39 is 18.5 Å². The minimum absolute atomic E-state index is 0.0575. The first-order valence-corrected chi connectivity index (χ1v) is 7.93. The highest BCUT2D eigenvalue weighted by atomic mass is 16.5. The van der Waals surface area contributed by atoms with Crippen LogP contribution in [-0.2, 0) is 16.6 Å². The molecule has 0 aliphatic carbocycles. The third kappa shape index (κ3) is 3.67. The van der Waals surface area contributed by atoms with Gasteiger partial charge in [0.2, 0.25) is 0 Å². The second kappa shape index (κ2) is 7.49. The Labute approximate surface area is 153 Å². The van der Waals surface area contributed by atoms with E-state index in [2.05, 4.69) is 10.4 Å². The van der Waals surface area contributed by atoms with Gasteiger partial charge in [-0.3, -0.25) is 9.59 Å². The minimum Gasteiger partial charge on any atom is -0.451 e. The van der Waals surface area contributed by atoms with E-state index in [0.717, 1.165) is 4.68 Å². The van der Waals surface area contributed by atoms with E-state index in [9.17, 15) is 14.4 Å². The van der Waals surface area contributed by atoms with Crippen LogP contribution >= 0.6 is 0 Å². The number of amides is 1. The highest BCUT2D eigenvalue weighted by molar-refractivity contribution is 6.03. The Morgan fingerprint density at radius 1 is 1.15 bits per heavy atom. The highest BCUT2D eigenvalue weighted by Gasteiger charge is 2.18. The summed E-state index contributed by atoms with van der Waals surface area (Å²) in [6.45, 7) is -0.558. The molecule has 8 nitrogen and oxygen atoms in total. The molecule has 0 saturated heterocycles. The number of esters is 1. The number of fused-ring (bicyclic) bond motifs is 1. The lowest BCUT2D eigenvalue weighted by Gasteiger charge is -2.09. The van der Waals surface area contributed by atoms with Crippen molar-refractivity contribution in [2.45, 2.75) is 0 Å². The Morgan fingerprint density at radius 3 is 2.56 bits per heavy atom. The Balaban J connectivity index is 1.76. The number of carbonyl (C=O) groups excluding carboxylic acids is 2. The van der Waals surface area contributed by atoms with Crippen LogP contribution in [0.5, 0.6) is 0 Å². The summed E-state index contributed by atoms with van der Waals surface area (Å²) in [7, 11) is 1.43. The molecular weight excluding hydrogens is 348 g/mol. The second-order valence-corrected chi connectivity index (χ2v) is 5.60. The van der Waals surface area contributed by atoms with Gasteiger partial charge in [-0.05, 0) is 18.2 Å². The number of hydrogen-bond donors (Lipinski definition) is 1. The Kier molecular flexibility index (Phi) is 4.95. The van der Waals surface area contributed by atoms with Crippen LogP contribution in [0, 0.1) is 11.3 Å². The van der Waals surface area contributed by atoms with Crippen molar-refractivity contribution < 1.29 is 14.3 Å². The summed E-state index contributed by atoms with van der Waals surface area (Å²) < 4.78 is 6.07. The number of anilines is 1. The summed E-state index contributed by atoms with van der Waals surface area (Å²) in [5, 5.41) is 16.2. The molecule has 0 fully saturated rings. The van der Waals surface area contributed by atoms with Crippen molar-refractivity contribution in [3.63, 3.8) is 0 Å². The molecule has 0 atom stereocenters. The largest absolute Gasteiger partial charge is 0.451 e. The van der Waals surface area contributed by atoms with Crippen molar-refractivity contribution in [2.75, 3.05) is 11.9 Å². The Hall–Kier alpha value is -3.99. The number of nitrogens with zero attached hydrogens (tertiary/aromatic N) is 3. The van der Waals surface area contributed by atoms with E-state index in [1.54, 1.807) is 48.5 Å². The van der Waals surface area contributed by atoms with E-state index in [1.807, 2.05) is 6.07 Å². The van der Waals surface area contributed by atoms with Crippen LogP contribution in [0.2, 0.25) is 0 Å². The number of nitrogens with one attached hydrogen (secondary N) is 1. The fourth-order valence-corrected chi connectivity index (χ4v) is 2.53. The Bertz CT molecular complexity index is 1140. The van der Waals surface area contributed by atoms with E-state index in [4.69, 9.17) is 10.00 Å². The molecule has 0 aliphatic rings. The minimum atomic E-state index is -0.828. The van der Waals surface area contributed by atoms with Gasteiger partial charge in [-0.2, -0.15) is 10.4 Å². The molecule has 0 unspecified atom stereocenters. The lowest BCUT2D eigenvalue weighted by atomic mass is 10.1. The molecule has 0 aliphatic heterocycles. The van der Waals surface area contributed by atoms with Gasteiger partial charge in [0.25, 0.3) is 11.5 Å². The molecule has 8 heteroatoms. The van der Waals surface area contributed by atoms with Crippen molar-refractivity contribution in [1.82, 2.24) is 9.78 Å². The van der Waals surface area contributed by atoms with Crippen LogP contribution in [0.3, 0.4) is 0 Å². The van der Waals surface area contributed by atoms with Crippen LogP contribution in [-0.4, -0.2) is 28.3 Å². The molecule has 0 spiro atoms. The molecule has 0 bridgehead atoms. The normalized spacial score (nSPS) is 10.2. The molecule has 3 aromatic rings. The molecule has 134 valence electrons. The van der Waals surface area contributed by atoms with Crippen LogP contribution in [0.15, 0.2) is 53.3 Å². The number of carbonyl (C=O) groups is 2. The Morgan fingerprint density at radius 2 is 1.81 bits per heavy atom. The van der Waals surface area contributed by atoms with Crippen molar-refractivity contribution in [2.24, 2.45) is 7.05 Å². The van der Waals surface area contributed by atoms with Gasteiger partial charge in [0.1, 0.15) is 6.07 Å². The maximum Gasteiger partial charge on any atom is 0.359 e. The van der Waals surface area contributed by atoms with E-state index in [-0.39, 0.29) is 11.3 Å². The topological polar surface area (TPSA) is 114 Å². The van der Waals surface area contributed by atoms with Gasteiger partial charge < -0.3 is 10.1 Å². The molecule has 3 rings (SSSR count). The monoisotopic (exact) mass is 362 g/mol. The van der Waals surface area contributed by atoms with Crippen molar-refractivity contribution >= 4 is 28.3 Å². The van der Waals surface area contributed by atoms with Gasteiger partial charge in [0, 0.05) is 12.4 Å². The zero-order valence-corrected chi connectivity index (χ0v) is 14.3. The van der Waals surface area contributed by atoms with Gasteiger partial charge >= 0.3 is 5.97 Å². The predicted octanol–water partition coefficient (Wildman–Crippen LogP) is 1.60. The molecule has 0 saturated carbocycles. The number of rotatable bonds is 4. The first-order chi connectivity index (χ1) is 13.0. The lowest BCUT2D eigenvalue weighted by molar-refractivity contribution is -0.119. The van der Waals surface area contributed by atoms with Gasteiger partial charge in [-0.1, -0.05) is 30.3 Å². The SMILES string of the molecule is Cn1nc(C(=O)OCC(=O)Nc2ccccc2C#N)c2ccccc2c1=O. The molecule has 1 amide bonds. The van der Waals surface area contributed by atoms with Crippen LogP contribution in [0.4, 0.5) is 5.69 Å². The molecule has 1 heterocycles. The third-order valence-corrected chi connectivity index (χ3v) is 3.81. The van der Waals surface area contributed by atoms with Crippen LogP contribution in [0.25, 0.3) is 10.8 Å². The molecule has 1 N–H and O–H groups in total. The summed E-state index contributed by atoms with van der Waals surface area (Å²) in [6, 6.07) is 15.0. The number of benzene rings is 2. The number of aromatic nitrogens is 2. The van der Waals surface area contributed by atoms with E-state index in [0.29, 0.717) is 22.0 Å². The lowest BCUT2D eigenvalue weighted by Crippen LogP contribution is -2.26. The number of nitriles is 1. The number of hydrogen-bond acceptors (Lipinski definition) is 6. The number of aryl methyl sites for hydroxylation is 1. The maximum atomic E-state index is 12.4. The van der Waals surface area contributed by atoms with Crippen molar-refractivity contribution in [3.05, 3.63) is 70.1 Å². The smallest absolute Gasteiger partial charge is 0.359 e. The summed E-state index contributed by atoms with van der Waals surface area (Å²) in [6.07, 6.45) is 0. The first kappa shape index (κ1) is 17.8. The van der Waals surface area contributed by atoms with Crippen molar-refractivity contribution in [1.29, 1.82) is 5.26 Å². The average molecular weight is 362 g/mol. The summed E-state index contributed by atoms with van der Waals surface area (Å²) in [5.74, 6) is -1.43. The van der Waals surface area contributed by atoms with Crippen LogP contribution < -0.4 is 10.9 Å². The number of ether oxygens (including phenoxy) is 1. The van der Waals surface area contributed by atoms with Gasteiger partial charge in [-0.25, -0.2) is 9.48 Å². The van der Waals surface area contributed by atoms with E-state index >= 15 is 0 Å². The van der Waals surface area contributed by atoms with Crippen LogP contribution in [0.1, 0.15) is 16.1 Å². The predicted molar refractivity (Wildman–Crippen MR) is 97.1 cm³/mol. The molecule has 0 radical (unpaired) electrons. The molecule has 1 aromatic heterocycles. The third-order valence-electron chi connectivity index (χ3n) is 3.81. The highest BCUT2D eigenvalue weighted by Crippen LogP contribution is 2.15. The molecule has 2 aromatic carbocycles. The summed E-state index contributed by atoms with van der Waals surface area (Å²) >= 11 is 0.